The quantitative estimate of drug-likeness (QED) is 0.515. The molecule has 0 atom stereocenters. The molecule has 1 aromatic heterocycles. The average molecular weight is 214 g/mol. The first-order chi connectivity index (χ1) is 7.27. The lowest BCUT2D eigenvalue weighted by molar-refractivity contribution is 0.0478. The summed E-state index contributed by atoms with van der Waals surface area (Å²) in [7, 11) is 1.62. The van der Waals surface area contributed by atoms with Gasteiger partial charge in [0, 0.05) is 20.1 Å². The fraction of sp³-hybridized carbons (Fsp3) is 0.667. The summed E-state index contributed by atoms with van der Waals surface area (Å²) in [6, 6.07) is 0. The van der Waals surface area contributed by atoms with Crippen LogP contribution in [0.5, 0.6) is 0 Å². The topological polar surface area (TPSA) is 74.5 Å². The van der Waals surface area contributed by atoms with Gasteiger partial charge in [0.15, 0.2) is 0 Å². The van der Waals surface area contributed by atoms with Crippen molar-refractivity contribution in [1.82, 2.24) is 10.2 Å². The van der Waals surface area contributed by atoms with Crippen molar-refractivity contribution in [3.63, 3.8) is 0 Å². The number of ether oxygens (including phenoxy) is 2. The van der Waals surface area contributed by atoms with Gasteiger partial charge in [0.1, 0.15) is 0 Å². The van der Waals surface area contributed by atoms with E-state index < -0.39 is 5.97 Å². The Kier molecular flexibility index (Phi) is 4.76. The summed E-state index contributed by atoms with van der Waals surface area (Å²) < 4.78 is 14.7. The first-order valence-corrected chi connectivity index (χ1v) is 4.76. The smallest absolute Gasteiger partial charge is 0.396 e. The predicted octanol–water partition coefficient (Wildman–Crippen LogP) is 0.825. The first kappa shape index (κ1) is 11.6. The number of rotatable bonds is 6. The molecule has 0 N–H and O–H groups in total. The number of carbonyl (C=O) groups excluding carboxylic acids is 1. The molecule has 1 aromatic rings. The highest BCUT2D eigenvalue weighted by molar-refractivity contribution is 5.83. The number of aromatic nitrogens is 2. The zero-order valence-corrected chi connectivity index (χ0v) is 8.86. The van der Waals surface area contributed by atoms with E-state index in [1.165, 1.54) is 0 Å². The molecule has 84 valence electrons. The summed E-state index contributed by atoms with van der Waals surface area (Å²) in [4.78, 5) is 11.1. The van der Waals surface area contributed by atoms with E-state index >= 15 is 0 Å². The fourth-order valence-electron chi connectivity index (χ4n) is 0.998. The minimum atomic E-state index is -0.581. The third kappa shape index (κ3) is 3.67. The van der Waals surface area contributed by atoms with Crippen LogP contribution in [0.3, 0.4) is 0 Å². The number of hydrogen-bond donors (Lipinski definition) is 0. The van der Waals surface area contributed by atoms with Crippen LogP contribution in [0.15, 0.2) is 4.42 Å². The maximum atomic E-state index is 11.1. The van der Waals surface area contributed by atoms with Crippen LogP contribution in [0.25, 0.3) is 0 Å². The summed E-state index contributed by atoms with van der Waals surface area (Å²) >= 11 is 0. The highest BCUT2D eigenvalue weighted by atomic mass is 16.5. The van der Waals surface area contributed by atoms with Crippen LogP contribution in [-0.2, 0) is 15.9 Å². The number of nitrogens with zero attached hydrogens (tertiary/aromatic N) is 2. The standard InChI is InChI=1S/C9H14N2O4/c1-3-14-9(12)8-11-10-7(15-8)5-4-6-13-2/h3-6H2,1-2H3. The molecule has 0 aliphatic heterocycles. The van der Waals surface area contributed by atoms with E-state index in [1.807, 2.05) is 0 Å². The zero-order chi connectivity index (χ0) is 11.1. The molecule has 0 unspecified atom stereocenters. The van der Waals surface area contributed by atoms with Gasteiger partial charge in [-0.05, 0) is 13.3 Å². The average Bonchev–Trinajstić information content (AvgIpc) is 2.67. The van der Waals surface area contributed by atoms with E-state index in [4.69, 9.17) is 13.9 Å². The third-order valence-corrected chi connectivity index (χ3v) is 1.66. The maximum Gasteiger partial charge on any atom is 0.396 e. The summed E-state index contributed by atoms with van der Waals surface area (Å²) in [6.45, 7) is 2.63. The maximum absolute atomic E-state index is 11.1. The number of methoxy groups -OCH3 is 1. The van der Waals surface area contributed by atoms with Crippen LogP contribution in [-0.4, -0.2) is 36.5 Å². The highest BCUT2D eigenvalue weighted by Crippen LogP contribution is 2.04. The third-order valence-electron chi connectivity index (χ3n) is 1.66. The van der Waals surface area contributed by atoms with E-state index in [0.29, 0.717) is 25.5 Å². The molecule has 15 heavy (non-hydrogen) atoms. The van der Waals surface area contributed by atoms with E-state index in [0.717, 1.165) is 6.42 Å². The van der Waals surface area contributed by atoms with Crippen molar-refractivity contribution in [2.24, 2.45) is 0 Å². The van der Waals surface area contributed by atoms with E-state index in [2.05, 4.69) is 10.2 Å². The molecule has 0 saturated heterocycles. The summed E-state index contributed by atoms with van der Waals surface area (Å²) in [6.07, 6.45) is 1.38. The van der Waals surface area contributed by atoms with Crippen molar-refractivity contribution in [3.8, 4) is 0 Å². The Labute approximate surface area is 87.6 Å². The van der Waals surface area contributed by atoms with Gasteiger partial charge in [-0.15, -0.1) is 10.2 Å². The van der Waals surface area contributed by atoms with Gasteiger partial charge in [-0.25, -0.2) is 4.79 Å². The fourth-order valence-corrected chi connectivity index (χ4v) is 0.998. The second-order valence-electron chi connectivity index (χ2n) is 2.82. The molecular formula is C9H14N2O4. The highest BCUT2D eigenvalue weighted by Gasteiger charge is 2.15. The second-order valence-corrected chi connectivity index (χ2v) is 2.82. The second kappa shape index (κ2) is 6.13. The van der Waals surface area contributed by atoms with Gasteiger partial charge < -0.3 is 13.9 Å². The van der Waals surface area contributed by atoms with Crippen LogP contribution in [0.4, 0.5) is 0 Å². The van der Waals surface area contributed by atoms with Crippen molar-refractivity contribution in [2.45, 2.75) is 19.8 Å². The molecule has 0 aliphatic carbocycles. The molecule has 0 aliphatic rings. The first-order valence-electron chi connectivity index (χ1n) is 4.76. The van der Waals surface area contributed by atoms with Crippen molar-refractivity contribution in [2.75, 3.05) is 20.3 Å². The Hall–Kier alpha value is -1.43. The number of hydrogen-bond acceptors (Lipinski definition) is 6. The molecule has 1 rings (SSSR count). The predicted molar refractivity (Wildman–Crippen MR) is 50.5 cm³/mol. The van der Waals surface area contributed by atoms with Crippen molar-refractivity contribution >= 4 is 5.97 Å². The lowest BCUT2D eigenvalue weighted by Crippen LogP contribution is -2.04. The normalized spacial score (nSPS) is 10.3. The van der Waals surface area contributed by atoms with Gasteiger partial charge in [0.05, 0.1) is 6.61 Å². The van der Waals surface area contributed by atoms with Gasteiger partial charge >= 0.3 is 11.9 Å². The van der Waals surface area contributed by atoms with Crippen LogP contribution in [0.2, 0.25) is 0 Å². The number of carbonyl (C=O) groups is 1. The van der Waals surface area contributed by atoms with E-state index in [1.54, 1.807) is 14.0 Å². The molecule has 0 amide bonds. The number of aryl methyl sites for hydroxylation is 1. The Balaban J connectivity index is 2.45. The molecule has 1 heterocycles. The largest absolute Gasteiger partial charge is 0.459 e. The van der Waals surface area contributed by atoms with Crippen LogP contribution in [0.1, 0.15) is 29.9 Å². The van der Waals surface area contributed by atoms with Gasteiger partial charge in [-0.3, -0.25) is 0 Å². The molecule has 0 spiro atoms. The lowest BCUT2D eigenvalue weighted by atomic mass is 10.3. The molecule has 0 saturated carbocycles. The molecule has 0 fully saturated rings. The number of esters is 1. The van der Waals surface area contributed by atoms with Gasteiger partial charge in [0.2, 0.25) is 5.89 Å². The van der Waals surface area contributed by atoms with E-state index in [-0.39, 0.29) is 5.89 Å². The van der Waals surface area contributed by atoms with Gasteiger partial charge in [0.25, 0.3) is 0 Å². The van der Waals surface area contributed by atoms with Crippen molar-refractivity contribution < 1.29 is 18.7 Å². The van der Waals surface area contributed by atoms with Crippen LogP contribution < -0.4 is 0 Å². The van der Waals surface area contributed by atoms with Crippen LogP contribution >= 0.6 is 0 Å². The minimum absolute atomic E-state index is 0.0933. The van der Waals surface area contributed by atoms with Crippen molar-refractivity contribution in [1.29, 1.82) is 0 Å². The monoisotopic (exact) mass is 214 g/mol. The Morgan fingerprint density at radius 2 is 2.27 bits per heavy atom. The van der Waals surface area contributed by atoms with Gasteiger partial charge in [-0.1, -0.05) is 0 Å². The Bertz CT molecular complexity index is 311. The summed E-state index contributed by atoms with van der Waals surface area (Å²) in [5.41, 5.74) is 0. The SMILES string of the molecule is CCOC(=O)c1nnc(CCCOC)o1. The van der Waals surface area contributed by atoms with Crippen molar-refractivity contribution in [3.05, 3.63) is 11.8 Å². The van der Waals surface area contributed by atoms with E-state index in [9.17, 15) is 4.79 Å². The lowest BCUT2D eigenvalue weighted by Gasteiger charge is -1.95. The van der Waals surface area contributed by atoms with Crippen LogP contribution in [0, 0.1) is 0 Å². The molecule has 6 nitrogen and oxygen atoms in total. The molecular weight excluding hydrogens is 200 g/mol. The molecule has 0 aromatic carbocycles. The molecule has 0 radical (unpaired) electrons. The summed E-state index contributed by atoms with van der Waals surface area (Å²) in [5, 5.41) is 7.30. The van der Waals surface area contributed by atoms with Gasteiger partial charge in [-0.2, -0.15) is 0 Å². The Morgan fingerprint density at radius 1 is 1.47 bits per heavy atom. The Morgan fingerprint density at radius 3 is 2.93 bits per heavy atom. The zero-order valence-electron chi connectivity index (χ0n) is 8.86. The minimum Gasteiger partial charge on any atom is -0.459 e. The molecule has 0 bridgehead atoms. The summed E-state index contributed by atoms with van der Waals surface area (Å²) in [5.74, 6) is -0.248. The molecule has 6 heteroatoms.